The topological polar surface area (TPSA) is 111 Å². The molecule has 0 amide bonds. The van der Waals surface area contributed by atoms with E-state index in [1.807, 2.05) is 18.2 Å². The highest BCUT2D eigenvalue weighted by molar-refractivity contribution is 6.33. The van der Waals surface area contributed by atoms with Gasteiger partial charge in [-0.15, -0.1) is 0 Å². The van der Waals surface area contributed by atoms with E-state index in [-0.39, 0.29) is 23.3 Å². The van der Waals surface area contributed by atoms with Crippen LogP contribution in [0.1, 0.15) is 30.7 Å². The van der Waals surface area contributed by atoms with Crippen LogP contribution in [0.2, 0.25) is 5.02 Å². The molecule has 0 unspecified atom stereocenters. The number of nitro benzene ring substituents is 1. The van der Waals surface area contributed by atoms with Crippen LogP contribution in [-0.2, 0) is 4.79 Å². The van der Waals surface area contributed by atoms with Crippen molar-refractivity contribution in [3.8, 4) is 17.6 Å². The van der Waals surface area contributed by atoms with E-state index in [1.165, 1.54) is 18.2 Å². The van der Waals surface area contributed by atoms with Gasteiger partial charge in [0.1, 0.15) is 5.82 Å². The van der Waals surface area contributed by atoms with Crippen LogP contribution in [0.3, 0.4) is 0 Å². The van der Waals surface area contributed by atoms with Gasteiger partial charge in [0.05, 0.1) is 33.2 Å². The maximum atomic E-state index is 13.5. The molecule has 3 aromatic rings. The van der Waals surface area contributed by atoms with Gasteiger partial charge in [-0.2, -0.15) is 5.26 Å². The van der Waals surface area contributed by atoms with Crippen LogP contribution in [0.4, 0.5) is 11.4 Å². The van der Waals surface area contributed by atoms with Crippen molar-refractivity contribution >= 4 is 34.6 Å². The molecule has 2 aromatic carbocycles. The number of ketones is 1. The molecule has 1 aliphatic carbocycles. The number of nitriles is 1. The minimum atomic E-state index is -0.659. The molecule has 6 rings (SSSR count). The molecule has 3 heterocycles. The number of allylic oxidation sites excluding steroid dienone is 3. The molecule has 0 saturated carbocycles. The number of fused-ring (bicyclic) bond motifs is 1. The van der Waals surface area contributed by atoms with Crippen molar-refractivity contribution in [2.24, 2.45) is 0 Å². The Labute approximate surface area is 216 Å². The Morgan fingerprint density at radius 1 is 1.08 bits per heavy atom. The summed E-state index contributed by atoms with van der Waals surface area (Å²) in [5.74, 6) is 0.878. The quantitative estimate of drug-likeness (QED) is 0.320. The Morgan fingerprint density at radius 2 is 1.86 bits per heavy atom. The Balaban J connectivity index is 1.67. The molecule has 1 aromatic heterocycles. The van der Waals surface area contributed by atoms with Gasteiger partial charge in [0.25, 0.3) is 5.69 Å². The van der Waals surface area contributed by atoms with E-state index >= 15 is 0 Å². The predicted octanol–water partition coefficient (Wildman–Crippen LogP) is 5.78. The van der Waals surface area contributed by atoms with Crippen LogP contribution in [0.15, 0.2) is 77.8 Å². The van der Waals surface area contributed by atoms with E-state index in [2.05, 4.69) is 6.07 Å². The number of carbonyl (C=O) groups is 1. The molecule has 0 fully saturated rings. The van der Waals surface area contributed by atoms with Crippen LogP contribution < -0.4 is 14.4 Å². The minimum Gasteiger partial charge on any atom is -0.454 e. The summed E-state index contributed by atoms with van der Waals surface area (Å²) in [6, 6.07) is 15.6. The second-order valence-corrected chi connectivity index (χ2v) is 9.26. The summed E-state index contributed by atoms with van der Waals surface area (Å²) in [7, 11) is 0. The average molecular weight is 515 g/mol. The molecular formula is C27H19ClN4O5. The number of ether oxygens (including phenoxy) is 2. The van der Waals surface area contributed by atoms with Crippen molar-refractivity contribution in [2.45, 2.75) is 25.2 Å². The Hall–Kier alpha value is -4.55. The van der Waals surface area contributed by atoms with Crippen LogP contribution in [0.25, 0.3) is 5.82 Å². The van der Waals surface area contributed by atoms with Gasteiger partial charge >= 0.3 is 0 Å². The highest BCUT2D eigenvalue weighted by atomic mass is 35.5. The first-order valence-corrected chi connectivity index (χ1v) is 12.0. The van der Waals surface area contributed by atoms with Crippen molar-refractivity contribution < 1.29 is 19.2 Å². The van der Waals surface area contributed by atoms with Gasteiger partial charge in [0, 0.05) is 42.2 Å². The summed E-state index contributed by atoms with van der Waals surface area (Å²) in [5.41, 5.74) is 2.37. The van der Waals surface area contributed by atoms with E-state index in [4.69, 9.17) is 21.1 Å². The lowest BCUT2D eigenvalue weighted by Gasteiger charge is -2.41. The zero-order valence-electron chi connectivity index (χ0n) is 19.4. The molecule has 1 atom stereocenters. The zero-order chi connectivity index (χ0) is 25.7. The van der Waals surface area contributed by atoms with Crippen LogP contribution in [-0.4, -0.2) is 22.1 Å². The second-order valence-electron chi connectivity index (χ2n) is 8.85. The van der Waals surface area contributed by atoms with Gasteiger partial charge in [-0.1, -0.05) is 17.7 Å². The smallest absolute Gasteiger partial charge is 0.271 e. The number of hydrogen-bond donors (Lipinski definition) is 0. The average Bonchev–Trinajstić information content (AvgIpc) is 3.60. The molecule has 0 radical (unpaired) electrons. The van der Waals surface area contributed by atoms with Crippen LogP contribution in [0, 0.1) is 21.4 Å². The monoisotopic (exact) mass is 514 g/mol. The van der Waals surface area contributed by atoms with Crippen LogP contribution in [0.5, 0.6) is 11.5 Å². The number of anilines is 1. The molecule has 0 N–H and O–H groups in total. The molecule has 3 aliphatic rings. The Morgan fingerprint density at radius 3 is 2.62 bits per heavy atom. The molecule has 0 spiro atoms. The summed E-state index contributed by atoms with van der Waals surface area (Å²) in [6.45, 7) is 0.102. The van der Waals surface area contributed by atoms with Gasteiger partial charge in [-0.25, -0.2) is 0 Å². The number of nitrogens with zero attached hydrogens (tertiary/aromatic N) is 4. The number of rotatable bonds is 4. The van der Waals surface area contributed by atoms with E-state index in [1.54, 1.807) is 34.0 Å². The number of hydrogen-bond acceptors (Lipinski definition) is 7. The number of aromatic nitrogens is 1. The largest absolute Gasteiger partial charge is 0.454 e. The summed E-state index contributed by atoms with van der Waals surface area (Å²) < 4.78 is 12.8. The lowest BCUT2D eigenvalue weighted by atomic mass is 9.75. The maximum Gasteiger partial charge on any atom is 0.271 e. The first kappa shape index (κ1) is 22.9. The summed E-state index contributed by atoms with van der Waals surface area (Å²) in [5, 5.41) is 22.5. The number of benzene rings is 2. The number of non-ortho nitro benzene ring substituents is 1. The van der Waals surface area contributed by atoms with E-state index < -0.39 is 10.8 Å². The summed E-state index contributed by atoms with van der Waals surface area (Å²) in [4.78, 5) is 26.4. The van der Waals surface area contributed by atoms with Crippen LogP contribution >= 0.6 is 11.6 Å². The lowest BCUT2D eigenvalue weighted by Crippen LogP contribution is -2.36. The molecule has 0 saturated heterocycles. The van der Waals surface area contributed by atoms with Crippen molar-refractivity contribution in [1.82, 2.24) is 4.57 Å². The number of Topliss-reactive ketones (excluding diaryl/α,β-unsaturated/α-hetero) is 1. The molecule has 2 aliphatic heterocycles. The van der Waals surface area contributed by atoms with Gasteiger partial charge in [-0.3, -0.25) is 19.8 Å². The van der Waals surface area contributed by atoms with Crippen molar-refractivity contribution in [3.63, 3.8) is 0 Å². The first-order valence-electron chi connectivity index (χ1n) is 11.7. The van der Waals surface area contributed by atoms with E-state index in [0.29, 0.717) is 59.1 Å². The fourth-order valence-corrected chi connectivity index (χ4v) is 5.45. The molecule has 10 heteroatoms. The van der Waals surface area contributed by atoms with E-state index in [0.717, 1.165) is 5.56 Å². The number of nitro groups is 1. The highest BCUT2D eigenvalue weighted by Crippen LogP contribution is 2.51. The third kappa shape index (κ3) is 3.65. The third-order valence-corrected chi connectivity index (χ3v) is 7.13. The Kier molecular flexibility index (Phi) is 5.46. The van der Waals surface area contributed by atoms with Gasteiger partial charge < -0.3 is 14.0 Å². The van der Waals surface area contributed by atoms with Crippen molar-refractivity contribution in [2.75, 3.05) is 11.7 Å². The normalized spacial score (nSPS) is 18.6. The minimum absolute atomic E-state index is 0.0743. The van der Waals surface area contributed by atoms with E-state index in [9.17, 15) is 20.2 Å². The fourth-order valence-electron chi connectivity index (χ4n) is 5.24. The van der Waals surface area contributed by atoms with Gasteiger partial charge in [-0.05, 0) is 48.7 Å². The molecular weight excluding hydrogens is 496 g/mol. The zero-order valence-corrected chi connectivity index (χ0v) is 20.1. The summed E-state index contributed by atoms with van der Waals surface area (Å²) >= 11 is 6.62. The molecule has 9 nitrogen and oxygen atoms in total. The maximum absolute atomic E-state index is 13.5. The number of halogens is 1. The lowest BCUT2D eigenvalue weighted by molar-refractivity contribution is -0.384. The van der Waals surface area contributed by atoms with Gasteiger partial charge in [0.2, 0.25) is 6.79 Å². The van der Waals surface area contributed by atoms with Gasteiger partial charge in [0.15, 0.2) is 17.3 Å². The SMILES string of the molecule is N#CC1=C(n2cccc2)N(c2cc([N+](=O)[O-])ccc2Cl)C2=C(C(=O)CCC2)[C@H]1c1ccc2c(c1)OCO2. The second kappa shape index (κ2) is 8.84. The molecule has 37 heavy (non-hydrogen) atoms. The summed E-state index contributed by atoms with van der Waals surface area (Å²) in [6.07, 6.45) is 5.06. The van der Waals surface area contributed by atoms with Crippen molar-refractivity contribution in [1.29, 1.82) is 5.26 Å². The molecule has 0 bridgehead atoms. The van der Waals surface area contributed by atoms with Crippen molar-refractivity contribution in [3.05, 3.63) is 98.5 Å². The number of carbonyl (C=O) groups excluding carboxylic acids is 1. The first-order chi connectivity index (χ1) is 18.0. The highest BCUT2D eigenvalue weighted by Gasteiger charge is 2.42. The fraction of sp³-hybridized carbons (Fsp3) is 0.185. The standard InChI is InChI=1S/C27H19ClN4O5/c28-19-8-7-17(32(34)35)13-21(19)31-20-4-3-5-22(33)26(20)25(16-6-9-23-24(12-16)37-15-36-23)18(14-29)27(31)30-10-1-2-11-30/h1-2,6-13,25H,3-5,15H2/t25-/m0/s1. The predicted molar refractivity (Wildman–Crippen MR) is 135 cm³/mol. The third-order valence-electron chi connectivity index (χ3n) is 6.81. The Bertz CT molecular complexity index is 1570. The molecule has 184 valence electrons.